The fourth-order valence-corrected chi connectivity index (χ4v) is 2.83. The van der Waals surface area contributed by atoms with E-state index in [1.54, 1.807) is 19.2 Å². The van der Waals surface area contributed by atoms with Crippen molar-refractivity contribution in [2.24, 2.45) is 7.05 Å². The van der Waals surface area contributed by atoms with Crippen LogP contribution >= 0.6 is 46.4 Å². The van der Waals surface area contributed by atoms with Crippen molar-refractivity contribution in [2.45, 2.75) is 6.92 Å². The highest BCUT2D eigenvalue weighted by atomic mass is 35.5. The first kappa shape index (κ1) is 18.9. The number of nitrogens with two attached hydrogens (primary N) is 1. The molecule has 3 aromatic rings. The summed E-state index contributed by atoms with van der Waals surface area (Å²) >= 11 is 22.9. The molecule has 0 fully saturated rings. The van der Waals surface area contributed by atoms with E-state index in [0.29, 0.717) is 32.4 Å². The molecule has 10 heteroatoms. The molecule has 0 saturated heterocycles. The van der Waals surface area contributed by atoms with Gasteiger partial charge in [0.1, 0.15) is 21.6 Å². The standard InChI is InChI=1S/C8H7Cl2N3.C6H7Cl2N3/c1-4-11-7-5(13(4)2)3-6(9)12-8(7)10;1-10-3-2-4(7)11-6(8)5(3)9/h3H,1-2H3;2H,9H2,1H3,(H,10,11). The van der Waals surface area contributed by atoms with E-state index in [0.717, 1.165) is 11.3 Å². The van der Waals surface area contributed by atoms with Crippen LogP contribution in [0.4, 0.5) is 11.4 Å². The zero-order chi connectivity index (χ0) is 18.0. The van der Waals surface area contributed by atoms with Gasteiger partial charge in [0.05, 0.1) is 16.9 Å². The Labute approximate surface area is 158 Å². The predicted octanol–water partition coefficient (Wildman–Crippen LogP) is 4.60. The summed E-state index contributed by atoms with van der Waals surface area (Å²) in [4.78, 5) is 11.9. The molecule has 0 atom stereocenters. The topological polar surface area (TPSA) is 81.7 Å². The highest BCUT2D eigenvalue weighted by molar-refractivity contribution is 6.36. The number of nitrogens with one attached hydrogen (secondary N) is 1. The number of nitrogens with zero attached hydrogens (tertiary/aromatic N) is 4. The van der Waals surface area contributed by atoms with Crippen LogP contribution in [0.5, 0.6) is 0 Å². The lowest BCUT2D eigenvalue weighted by Gasteiger charge is -2.05. The molecule has 0 unspecified atom stereocenters. The lowest BCUT2D eigenvalue weighted by molar-refractivity contribution is 0.886. The molecule has 0 aliphatic rings. The summed E-state index contributed by atoms with van der Waals surface area (Å²) in [5.74, 6) is 0.890. The van der Waals surface area contributed by atoms with E-state index in [9.17, 15) is 0 Å². The van der Waals surface area contributed by atoms with Crippen LogP contribution in [0.3, 0.4) is 0 Å². The first-order valence-electron chi connectivity index (χ1n) is 6.69. The lowest BCUT2D eigenvalue weighted by Crippen LogP contribution is -1.97. The number of aryl methyl sites for hydroxylation is 2. The molecule has 3 heterocycles. The molecule has 0 saturated carbocycles. The van der Waals surface area contributed by atoms with Crippen molar-refractivity contribution in [3.63, 3.8) is 0 Å². The summed E-state index contributed by atoms with van der Waals surface area (Å²) in [6.45, 7) is 1.91. The maximum absolute atomic E-state index is 5.88. The van der Waals surface area contributed by atoms with Gasteiger partial charge in [0.2, 0.25) is 0 Å². The van der Waals surface area contributed by atoms with Crippen LogP contribution in [-0.4, -0.2) is 26.6 Å². The maximum Gasteiger partial charge on any atom is 0.158 e. The fourth-order valence-electron chi connectivity index (χ4n) is 1.94. The van der Waals surface area contributed by atoms with Gasteiger partial charge in [0.15, 0.2) is 10.3 Å². The molecule has 128 valence electrons. The van der Waals surface area contributed by atoms with Crippen LogP contribution in [0, 0.1) is 6.92 Å². The van der Waals surface area contributed by atoms with Gasteiger partial charge >= 0.3 is 0 Å². The van der Waals surface area contributed by atoms with Crippen molar-refractivity contribution in [1.82, 2.24) is 19.5 Å². The van der Waals surface area contributed by atoms with Crippen LogP contribution in [0.2, 0.25) is 20.6 Å². The minimum atomic E-state index is 0.224. The van der Waals surface area contributed by atoms with E-state index in [1.165, 1.54) is 0 Å². The van der Waals surface area contributed by atoms with Crippen molar-refractivity contribution in [2.75, 3.05) is 18.1 Å². The largest absolute Gasteiger partial charge is 0.395 e. The van der Waals surface area contributed by atoms with E-state index < -0.39 is 0 Å². The van der Waals surface area contributed by atoms with E-state index in [2.05, 4.69) is 20.3 Å². The highest BCUT2D eigenvalue weighted by Crippen LogP contribution is 2.27. The van der Waals surface area contributed by atoms with E-state index in [-0.39, 0.29) is 5.15 Å². The van der Waals surface area contributed by atoms with E-state index >= 15 is 0 Å². The number of pyridine rings is 2. The van der Waals surface area contributed by atoms with Gasteiger partial charge in [-0.05, 0) is 6.92 Å². The molecular weight excluding hydrogens is 394 g/mol. The second kappa shape index (κ2) is 7.61. The number of anilines is 2. The zero-order valence-electron chi connectivity index (χ0n) is 13.0. The second-order valence-corrected chi connectivity index (χ2v) is 6.26. The second-order valence-electron chi connectivity index (χ2n) is 4.77. The Balaban J connectivity index is 0.000000177. The molecule has 0 spiro atoms. The van der Waals surface area contributed by atoms with Gasteiger partial charge in [-0.3, -0.25) is 0 Å². The third kappa shape index (κ3) is 3.95. The summed E-state index contributed by atoms with van der Waals surface area (Å²) in [7, 11) is 3.65. The number of fused-ring (bicyclic) bond motifs is 1. The smallest absolute Gasteiger partial charge is 0.158 e. The number of halogens is 4. The Morgan fingerprint density at radius 2 is 1.58 bits per heavy atom. The average Bonchev–Trinajstić information content (AvgIpc) is 2.80. The molecule has 0 aliphatic heterocycles. The van der Waals surface area contributed by atoms with Gasteiger partial charge in [-0.15, -0.1) is 0 Å². The van der Waals surface area contributed by atoms with Crippen molar-refractivity contribution in [3.05, 3.63) is 38.6 Å². The Bertz CT molecular complexity index is 893. The minimum Gasteiger partial charge on any atom is -0.395 e. The lowest BCUT2D eigenvalue weighted by atomic mass is 10.3. The summed E-state index contributed by atoms with van der Waals surface area (Å²) < 4.78 is 1.93. The van der Waals surface area contributed by atoms with Crippen molar-refractivity contribution < 1.29 is 0 Å². The van der Waals surface area contributed by atoms with Gasteiger partial charge in [0.25, 0.3) is 0 Å². The molecule has 0 amide bonds. The summed E-state index contributed by atoms with van der Waals surface area (Å²) in [5, 5.41) is 4.14. The molecule has 3 aromatic heterocycles. The molecule has 0 bridgehead atoms. The number of imidazole rings is 1. The number of aromatic nitrogens is 4. The normalized spacial score (nSPS) is 10.5. The molecule has 3 N–H and O–H groups in total. The number of hydrogen-bond acceptors (Lipinski definition) is 5. The van der Waals surface area contributed by atoms with E-state index in [4.69, 9.17) is 52.1 Å². The van der Waals surface area contributed by atoms with Gasteiger partial charge in [0, 0.05) is 26.2 Å². The fraction of sp³-hybridized carbons (Fsp3) is 0.214. The van der Waals surface area contributed by atoms with Crippen LogP contribution < -0.4 is 11.1 Å². The molecule has 0 aromatic carbocycles. The Hall–Kier alpha value is -1.47. The molecular formula is C14H14Cl4N6. The SMILES string of the molecule is CNc1cc(Cl)nc(Cl)c1N.Cc1nc2c(Cl)nc(Cl)cc2n1C. The summed E-state index contributed by atoms with van der Waals surface area (Å²) in [6.07, 6.45) is 0. The van der Waals surface area contributed by atoms with Crippen molar-refractivity contribution in [3.8, 4) is 0 Å². The maximum atomic E-state index is 5.88. The number of nitrogen functional groups attached to an aromatic ring is 1. The minimum absolute atomic E-state index is 0.224. The molecule has 6 nitrogen and oxygen atoms in total. The number of hydrogen-bond donors (Lipinski definition) is 2. The van der Waals surface area contributed by atoms with Crippen LogP contribution in [-0.2, 0) is 7.05 Å². The Morgan fingerprint density at radius 1 is 1.00 bits per heavy atom. The first-order valence-corrected chi connectivity index (χ1v) is 8.20. The molecule has 3 rings (SSSR count). The van der Waals surface area contributed by atoms with Crippen LogP contribution in [0.25, 0.3) is 11.0 Å². The quantitative estimate of drug-likeness (QED) is 0.576. The number of rotatable bonds is 1. The van der Waals surface area contributed by atoms with Crippen LogP contribution in [0.15, 0.2) is 12.1 Å². The van der Waals surface area contributed by atoms with Gasteiger partial charge in [-0.2, -0.15) is 0 Å². The average molecular weight is 408 g/mol. The van der Waals surface area contributed by atoms with Gasteiger partial charge in [-0.1, -0.05) is 46.4 Å². The molecule has 0 aliphatic carbocycles. The summed E-state index contributed by atoms with van der Waals surface area (Å²) in [6, 6.07) is 3.37. The molecule has 24 heavy (non-hydrogen) atoms. The van der Waals surface area contributed by atoms with E-state index in [1.807, 2.05) is 18.5 Å². The third-order valence-electron chi connectivity index (χ3n) is 3.27. The molecule has 0 radical (unpaired) electrons. The Kier molecular flexibility index (Phi) is 5.98. The summed E-state index contributed by atoms with van der Waals surface area (Å²) in [5.41, 5.74) is 8.26. The van der Waals surface area contributed by atoms with Crippen molar-refractivity contribution >= 4 is 68.8 Å². The van der Waals surface area contributed by atoms with Crippen molar-refractivity contribution in [1.29, 1.82) is 0 Å². The third-order valence-corrected chi connectivity index (χ3v) is 4.21. The van der Waals surface area contributed by atoms with Gasteiger partial charge in [-0.25, -0.2) is 15.0 Å². The zero-order valence-corrected chi connectivity index (χ0v) is 16.1. The monoisotopic (exact) mass is 406 g/mol. The van der Waals surface area contributed by atoms with Gasteiger partial charge < -0.3 is 15.6 Å². The first-order chi connectivity index (χ1) is 11.2. The highest BCUT2D eigenvalue weighted by Gasteiger charge is 2.09. The van der Waals surface area contributed by atoms with Crippen LogP contribution in [0.1, 0.15) is 5.82 Å². The Morgan fingerprint density at radius 3 is 2.21 bits per heavy atom. The predicted molar refractivity (Wildman–Crippen MR) is 101 cm³/mol.